The van der Waals surface area contributed by atoms with Crippen LogP contribution in [0.4, 0.5) is 0 Å². The second-order valence-electron chi connectivity index (χ2n) is 12.1. The summed E-state index contributed by atoms with van der Waals surface area (Å²) >= 11 is 0. The number of hydrogen-bond donors (Lipinski definition) is 11. The van der Waals surface area contributed by atoms with Crippen LogP contribution >= 0.6 is 0 Å². The molecule has 49 heavy (non-hydrogen) atoms. The Kier molecular flexibility index (Phi) is 16.3. The van der Waals surface area contributed by atoms with Gasteiger partial charge in [0, 0.05) is 26.3 Å². The third-order valence-corrected chi connectivity index (χ3v) is 8.43. The topological polar surface area (TPSA) is 327 Å². The first-order chi connectivity index (χ1) is 23.1. The fourth-order valence-electron chi connectivity index (χ4n) is 5.73. The molecule has 7 amide bonds. The molecule has 0 unspecified atom stereocenters. The minimum absolute atomic E-state index is 0.103. The lowest BCUT2D eigenvalue weighted by Gasteiger charge is -2.32. The first-order valence-corrected chi connectivity index (χ1v) is 15.9. The Hall–Kier alpha value is -4.40. The number of rotatable bonds is 18. The predicted octanol–water partition coefficient (Wildman–Crippen LogP) is -5.70. The molecule has 20 heteroatoms. The third kappa shape index (κ3) is 12.2. The SMILES string of the molecule is CC(=O)N1C[C@H](O)C[C@H]1C(=O)N[C@@H](CO)C(=O)N[C@@H](CO)C(=O)N[C@H](C(=O)N[C@@H](CCC(N)=O)C(=O)N[C@@H](CO)C(=O)O)C1CCCCC1. The van der Waals surface area contributed by atoms with Crippen molar-refractivity contribution in [2.75, 3.05) is 26.4 Å². The fraction of sp³-hybridized carbons (Fsp3) is 0.724. The highest BCUT2D eigenvalue weighted by atomic mass is 16.4. The van der Waals surface area contributed by atoms with Gasteiger partial charge in [-0.05, 0) is 25.2 Å². The van der Waals surface area contributed by atoms with Gasteiger partial charge >= 0.3 is 5.97 Å². The van der Waals surface area contributed by atoms with Gasteiger partial charge in [-0.1, -0.05) is 19.3 Å². The van der Waals surface area contributed by atoms with Crippen LogP contribution in [-0.2, 0) is 38.4 Å². The molecule has 0 bridgehead atoms. The number of hydrogen-bond acceptors (Lipinski definition) is 12. The molecular formula is C29H47N7O13. The first-order valence-electron chi connectivity index (χ1n) is 15.9. The Morgan fingerprint density at radius 2 is 1.24 bits per heavy atom. The third-order valence-electron chi connectivity index (χ3n) is 8.43. The molecule has 20 nitrogen and oxygen atoms in total. The number of β-amino-alcohol motifs (C(OH)–C–C–N with tert-alkyl or cyclic N) is 1. The van der Waals surface area contributed by atoms with Crippen LogP contribution < -0.4 is 32.3 Å². The molecule has 0 aromatic heterocycles. The first kappa shape index (κ1) is 40.8. The zero-order valence-electron chi connectivity index (χ0n) is 27.1. The highest BCUT2D eigenvalue weighted by Gasteiger charge is 2.40. The van der Waals surface area contributed by atoms with Gasteiger partial charge in [-0.3, -0.25) is 33.6 Å². The van der Waals surface area contributed by atoms with Crippen molar-refractivity contribution in [3.63, 3.8) is 0 Å². The number of aliphatic hydroxyl groups excluding tert-OH is 4. The van der Waals surface area contributed by atoms with Gasteiger partial charge in [0.1, 0.15) is 36.3 Å². The minimum Gasteiger partial charge on any atom is -0.480 e. The van der Waals surface area contributed by atoms with E-state index in [0.717, 1.165) is 11.3 Å². The molecule has 2 fully saturated rings. The van der Waals surface area contributed by atoms with Crippen LogP contribution in [0.3, 0.4) is 0 Å². The Labute approximate surface area is 281 Å². The standard InChI is InChI=1S/C29H47N7O13/c1-14(40)36-10-16(41)9-21(36)27(46)33-18(11-37)25(44)32-19(12-38)26(45)35-23(15-5-3-2-4-6-15)28(47)31-17(7-8-22(30)42)24(43)34-20(13-39)29(48)49/h15-21,23,37-39,41H,2-13H2,1H3,(H2,30,42)(H,31,47)(H,32,44)(H,33,46)(H,34,43)(H,35,45)(H,48,49)/t16-,17+,18+,19+,20+,21+,23+/m1/s1. The predicted molar refractivity (Wildman–Crippen MR) is 165 cm³/mol. The van der Waals surface area contributed by atoms with Crippen LogP contribution in [0.2, 0.25) is 0 Å². The second-order valence-corrected chi connectivity index (χ2v) is 12.1. The number of nitrogens with two attached hydrogens (primary N) is 1. The molecule has 2 rings (SSSR count). The van der Waals surface area contributed by atoms with E-state index in [2.05, 4.69) is 26.6 Å². The van der Waals surface area contributed by atoms with E-state index in [0.29, 0.717) is 25.7 Å². The van der Waals surface area contributed by atoms with Crippen molar-refractivity contribution in [3.05, 3.63) is 0 Å². The number of nitrogens with zero attached hydrogens (tertiary/aromatic N) is 1. The maximum Gasteiger partial charge on any atom is 0.328 e. The molecule has 0 aromatic carbocycles. The van der Waals surface area contributed by atoms with Gasteiger partial charge in [0.15, 0.2) is 0 Å². The summed E-state index contributed by atoms with van der Waals surface area (Å²) in [7, 11) is 0. The number of carbonyl (C=O) groups is 8. The van der Waals surface area contributed by atoms with E-state index < -0.39 is 115 Å². The molecule has 1 saturated heterocycles. The number of carboxylic acids is 1. The van der Waals surface area contributed by atoms with Gasteiger partial charge in [0.2, 0.25) is 41.4 Å². The summed E-state index contributed by atoms with van der Waals surface area (Å²) in [5.41, 5.74) is 5.19. The lowest BCUT2D eigenvalue weighted by Crippen LogP contribution is -2.62. The normalized spacial score (nSPS) is 20.9. The zero-order valence-corrected chi connectivity index (χ0v) is 27.1. The number of nitrogens with one attached hydrogen (secondary N) is 5. The van der Waals surface area contributed by atoms with Crippen LogP contribution in [0, 0.1) is 5.92 Å². The van der Waals surface area contributed by atoms with E-state index in [9.17, 15) is 63.9 Å². The number of aliphatic carboxylic acids is 1. The molecule has 0 aromatic rings. The van der Waals surface area contributed by atoms with Crippen molar-refractivity contribution in [1.29, 1.82) is 0 Å². The summed E-state index contributed by atoms with van der Waals surface area (Å²) in [6.45, 7) is -1.78. The van der Waals surface area contributed by atoms with E-state index in [1.807, 2.05) is 0 Å². The number of aliphatic hydroxyl groups is 4. The maximum absolute atomic E-state index is 13.6. The van der Waals surface area contributed by atoms with E-state index in [-0.39, 0.29) is 25.8 Å². The quantitative estimate of drug-likeness (QED) is 0.0636. The van der Waals surface area contributed by atoms with Crippen molar-refractivity contribution >= 4 is 47.3 Å². The Bertz CT molecular complexity index is 1230. The number of primary amides is 1. The van der Waals surface area contributed by atoms with Crippen molar-refractivity contribution in [1.82, 2.24) is 31.5 Å². The van der Waals surface area contributed by atoms with Gasteiger partial charge in [0.25, 0.3) is 0 Å². The molecule has 1 aliphatic carbocycles. The maximum atomic E-state index is 13.6. The van der Waals surface area contributed by atoms with Gasteiger partial charge in [0.05, 0.1) is 25.9 Å². The number of likely N-dealkylation sites (tertiary alicyclic amines) is 1. The molecule has 0 radical (unpaired) electrons. The molecule has 0 spiro atoms. The van der Waals surface area contributed by atoms with Gasteiger partial charge < -0.3 is 62.8 Å². The zero-order chi connectivity index (χ0) is 36.8. The van der Waals surface area contributed by atoms with Crippen molar-refractivity contribution in [2.24, 2.45) is 11.7 Å². The average molecular weight is 702 g/mol. The molecule has 1 aliphatic heterocycles. The second kappa shape index (κ2) is 19.6. The Morgan fingerprint density at radius 1 is 0.735 bits per heavy atom. The minimum atomic E-state index is -1.71. The van der Waals surface area contributed by atoms with E-state index >= 15 is 0 Å². The van der Waals surface area contributed by atoms with Gasteiger partial charge in [-0.15, -0.1) is 0 Å². The van der Waals surface area contributed by atoms with Crippen LogP contribution in [0.1, 0.15) is 58.3 Å². The lowest BCUT2D eigenvalue weighted by atomic mass is 9.83. The Balaban J connectivity index is 2.20. The molecule has 1 heterocycles. The average Bonchev–Trinajstić information content (AvgIpc) is 3.47. The van der Waals surface area contributed by atoms with Crippen LogP contribution in [0.15, 0.2) is 0 Å². The van der Waals surface area contributed by atoms with E-state index in [4.69, 9.17) is 5.73 Å². The molecular weight excluding hydrogens is 654 g/mol. The highest BCUT2D eigenvalue weighted by molar-refractivity contribution is 5.97. The van der Waals surface area contributed by atoms with Crippen LogP contribution in [0.5, 0.6) is 0 Å². The summed E-state index contributed by atoms with van der Waals surface area (Å²) in [4.78, 5) is 101. The van der Waals surface area contributed by atoms with Crippen LogP contribution in [0.25, 0.3) is 0 Å². The Morgan fingerprint density at radius 3 is 1.78 bits per heavy atom. The lowest BCUT2D eigenvalue weighted by molar-refractivity contribution is -0.143. The molecule has 276 valence electrons. The fourth-order valence-corrected chi connectivity index (χ4v) is 5.73. The van der Waals surface area contributed by atoms with E-state index in [1.165, 1.54) is 6.92 Å². The molecule has 7 atom stereocenters. The van der Waals surface area contributed by atoms with Gasteiger partial charge in [-0.25, -0.2) is 4.79 Å². The van der Waals surface area contributed by atoms with Gasteiger partial charge in [-0.2, -0.15) is 0 Å². The summed E-state index contributed by atoms with van der Waals surface area (Å²) in [6.07, 6.45) is 1.39. The summed E-state index contributed by atoms with van der Waals surface area (Å²) in [6, 6.07) is -8.97. The summed E-state index contributed by atoms with van der Waals surface area (Å²) in [5, 5.41) is 59.6. The number of carbonyl (C=O) groups excluding carboxylic acids is 7. The monoisotopic (exact) mass is 701 g/mol. The van der Waals surface area contributed by atoms with Crippen molar-refractivity contribution in [2.45, 2.75) is 101 Å². The number of carboxylic acid groups (broad SMARTS) is 1. The largest absolute Gasteiger partial charge is 0.480 e. The highest BCUT2D eigenvalue weighted by Crippen LogP contribution is 2.27. The summed E-state index contributed by atoms with van der Waals surface area (Å²) < 4.78 is 0. The van der Waals surface area contributed by atoms with E-state index in [1.54, 1.807) is 0 Å². The van der Waals surface area contributed by atoms with Crippen molar-refractivity contribution < 1.29 is 63.9 Å². The number of amides is 7. The molecule has 1 saturated carbocycles. The van der Waals surface area contributed by atoms with Crippen molar-refractivity contribution in [3.8, 4) is 0 Å². The molecule has 2 aliphatic rings. The summed E-state index contributed by atoms with van der Waals surface area (Å²) in [5.74, 6) is -8.23. The smallest absolute Gasteiger partial charge is 0.328 e. The van der Waals surface area contributed by atoms with Crippen LogP contribution in [-0.4, -0.2) is 146 Å². The molecule has 12 N–H and O–H groups in total.